The van der Waals surface area contributed by atoms with E-state index < -0.39 is 17.1 Å². The zero-order chi connectivity index (χ0) is 28.2. The summed E-state index contributed by atoms with van der Waals surface area (Å²) in [5.41, 5.74) is 8.78. The number of aryl methyl sites for hydroxylation is 1. The van der Waals surface area contributed by atoms with E-state index in [-0.39, 0.29) is 24.8 Å². The number of hydrogen-bond donors (Lipinski definition) is 3. The summed E-state index contributed by atoms with van der Waals surface area (Å²) in [4.78, 5) is 43.1. The van der Waals surface area contributed by atoms with Gasteiger partial charge in [0.05, 0.1) is 18.9 Å². The summed E-state index contributed by atoms with van der Waals surface area (Å²) in [6.07, 6.45) is 3.05. The van der Waals surface area contributed by atoms with E-state index in [0.717, 1.165) is 16.7 Å². The third-order valence-corrected chi connectivity index (χ3v) is 7.00. The highest BCUT2D eigenvalue weighted by Crippen LogP contribution is 2.23. The van der Waals surface area contributed by atoms with Crippen LogP contribution in [0.1, 0.15) is 46.8 Å². The molecule has 1 heterocycles. The van der Waals surface area contributed by atoms with Crippen LogP contribution in [0.2, 0.25) is 0 Å². The zero-order valence-corrected chi connectivity index (χ0v) is 22.9. The largest absolute Gasteiger partial charge is 0.481 e. The minimum atomic E-state index is -0.922. The first-order valence-electron chi connectivity index (χ1n) is 13.0. The highest BCUT2D eigenvalue weighted by Gasteiger charge is 2.26. The number of esters is 1. The second-order valence-electron chi connectivity index (χ2n) is 9.31. The number of carboxylic acid groups (broad SMARTS) is 1. The lowest BCUT2D eigenvalue weighted by Gasteiger charge is -2.23. The number of carboxylic acids is 1. The van der Waals surface area contributed by atoms with Crippen LogP contribution in [0.4, 0.5) is 5.82 Å². The molecule has 9 heteroatoms. The fourth-order valence-corrected chi connectivity index (χ4v) is 4.63. The second kappa shape index (κ2) is 14.9. The van der Waals surface area contributed by atoms with Gasteiger partial charge < -0.3 is 20.5 Å². The van der Waals surface area contributed by atoms with Crippen molar-refractivity contribution in [3.63, 3.8) is 0 Å². The first-order valence-corrected chi connectivity index (χ1v) is 13.5. The quantitative estimate of drug-likeness (QED) is 0.201. The first-order chi connectivity index (χ1) is 18.8. The maximum Gasteiger partial charge on any atom is 0.307 e. The van der Waals surface area contributed by atoms with Crippen molar-refractivity contribution in [2.24, 2.45) is 5.92 Å². The lowest BCUT2D eigenvalue weighted by atomic mass is 9.93. The standard InChI is InChI=1S/C30H35N3O5S/c1-2-38-28(34)15-16-33(20-22-7-4-3-5-8-22)29(35)24-10-6-9-21(17-24)11-13-26(39)25(30(36)37)18-23-12-14-27(31)32-19-23/h3-10,12,14,17,19,25-26,39H,2,11,13,15-16,18,20H2,1H3,(H2,31,32)(H,36,37). The SMILES string of the molecule is CCOC(=O)CCN(Cc1ccccc1)C(=O)c1cccc(CCC(S)C(Cc2ccc(N)nc2)C(=O)O)c1. The van der Waals surface area contributed by atoms with Gasteiger partial charge >= 0.3 is 11.9 Å². The van der Waals surface area contributed by atoms with Crippen molar-refractivity contribution in [1.29, 1.82) is 0 Å². The van der Waals surface area contributed by atoms with Gasteiger partial charge in [-0.2, -0.15) is 12.6 Å². The Morgan fingerprint density at radius 1 is 1.03 bits per heavy atom. The van der Waals surface area contributed by atoms with E-state index in [0.29, 0.717) is 43.8 Å². The number of hydrogen-bond acceptors (Lipinski definition) is 7. The van der Waals surface area contributed by atoms with Crippen molar-refractivity contribution < 1.29 is 24.2 Å². The van der Waals surface area contributed by atoms with Gasteiger partial charge in [-0.3, -0.25) is 14.4 Å². The third-order valence-electron chi connectivity index (χ3n) is 6.38. The van der Waals surface area contributed by atoms with Crippen molar-refractivity contribution >= 4 is 36.3 Å². The molecule has 0 aliphatic carbocycles. The Morgan fingerprint density at radius 2 is 1.77 bits per heavy atom. The number of nitrogens with zero attached hydrogens (tertiary/aromatic N) is 2. The molecular weight excluding hydrogens is 514 g/mol. The summed E-state index contributed by atoms with van der Waals surface area (Å²) >= 11 is 4.62. The van der Waals surface area contributed by atoms with Crippen LogP contribution in [0.15, 0.2) is 72.9 Å². The fraction of sp³-hybridized carbons (Fsp3) is 0.333. The van der Waals surface area contributed by atoms with E-state index >= 15 is 0 Å². The van der Waals surface area contributed by atoms with Crippen molar-refractivity contribution in [3.8, 4) is 0 Å². The van der Waals surface area contributed by atoms with Crippen molar-refractivity contribution in [2.75, 3.05) is 18.9 Å². The number of nitrogen functional groups attached to an aromatic ring is 1. The van der Waals surface area contributed by atoms with Crippen LogP contribution in [-0.4, -0.2) is 51.2 Å². The number of carbonyl (C=O) groups excluding carboxylic acids is 2. The highest BCUT2D eigenvalue weighted by molar-refractivity contribution is 7.81. The van der Waals surface area contributed by atoms with Crippen molar-refractivity contribution in [1.82, 2.24) is 9.88 Å². The number of carbonyl (C=O) groups is 3. The Balaban J connectivity index is 1.68. The van der Waals surface area contributed by atoms with E-state index in [1.54, 1.807) is 36.2 Å². The number of aromatic nitrogens is 1. The molecular formula is C30H35N3O5S. The number of nitrogens with two attached hydrogens (primary N) is 1. The van der Waals surface area contributed by atoms with Crippen LogP contribution >= 0.6 is 12.6 Å². The smallest absolute Gasteiger partial charge is 0.307 e. The summed E-state index contributed by atoms with van der Waals surface area (Å²) in [5, 5.41) is 9.40. The van der Waals surface area contributed by atoms with Crippen LogP contribution in [0, 0.1) is 5.92 Å². The molecule has 2 atom stereocenters. The zero-order valence-electron chi connectivity index (χ0n) is 22.0. The third kappa shape index (κ3) is 9.44. The van der Waals surface area contributed by atoms with E-state index in [2.05, 4.69) is 17.6 Å². The van der Waals surface area contributed by atoms with E-state index in [1.807, 2.05) is 48.5 Å². The summed E-state index contributed by atoms with van der Waals surface area (Å²) in [6.45, 7) is 2.64. The molecule has 3 rings (SSSR count). The Morgan fingerprint density at radius 3 is 2.44 bits per heavy atom. The predicted molar refractivity (Wildman–Crippen MR) is 153 cm³/mol. The molecule has 2 aromatic carbocycles. The summed E-state index contributed by atoms with van der Waals surface area (Å²) in [7, 11) is 0. The molecule has 2 unspecified atom stereocenters. The molecule has 0 spiro atoms. The van der Waals surface area contributed by atoms with Crippen molar-refractivity contribution in [3.05, 3.63) is 95.2 Å². The van der Waals surface area contributed by atoms with Gasteiger partial charge in [-0.05, 0) is 61.1 Å². The molecule has 0 saturated carbocycles. The van der Waals surface area contributed by atoms with E-state index in [1.165, 1.54) is 0 Å². The molecule has 39 heavy (non-hydrogen) atoms. The van der Waals surface area contributed by atoms with Crippen LogP contribution < -0.4 is 5.73 Å². The Labute approximate surface area is 234 Å². The highest BCUT2D eigenvalue weighted by atomic mass is 32.1. The van der Waals surface area contributed by atoms with Crippen LogP contribution in [0.3, 0.4) is 0 Å². The molecule has 3 N–H and O–H groups in total. The summed E-state index contributed by atoms with van der Waals surface area (Å²) in [5.74, 6) is -1.78. The predicted octanol–water partition coefficient (Wildman–Crippen LogP) is 4.43. The number of aliphatic carboxylic acids is 1. The molecule has 0 fully saturated rings. The second-order valence-corrected chi connectivity index (χ2v) is 9.98. The first kappa shape index (κ1) is 29.7. The summed E-state index contributed by atoms with van der Waals surface area (Å²) < 4.78 is 5.05. The van der Waals surface area contributed by atoms with Gasteiger partial charge in [0.2, 0.25) is 0 Å². The van der Waals surface area contributed by atoms with E-state index in [9.17, 15) is 19.5 Å². The molecule has 0 aliphatic rings. The lowest BCUT2D eigenvalue weighted by molar-refractivity contribution is -0.143. The summed E-state index contributed by atoms with van der Waals surface area (Å²) in [6, 6.07) is 20.3. The van der Waals surface area contributed by atoms with Gasteiger partial charge in [0.15, 0.2) is 0 Å². The molecule has 8 nitrogen and oxygen atoms in total. The number of ether oxygens (including phenoxy) is 1. The van der Waals surface area contributed by atoms with Gasteiger partial charge in [-0.15, -0.1) is 0 Å². The van der Waals surface area contributed by atoms with Gasteiger partial charge in [-0.1, -0.05) is 48.5 Å². The van der Waals surface area contributed by atoms with Gasteiger partial charge in [0.25, 0.3) is 5.91 Å². The van der Waals surface area contributed by atoms with Gasteiger partial charge in [0, 0.05) is 30.1 Å². The maximum absolute atomic E-state index is 13.5. The van der Waals surface area contributed by atoms with Gasteiger partial charge in [0.1, 0.15) is 5.82 Å². The topological polar surface area (TPSA) is 123 Å². The lowest BCUT2D eigenvalue weighted by Crippen LogP contribution is -2.33. The van der Waals surface area contributed by atoms with Crippen LogP contribution in [-0.2, 0) is 33.7 Å². The van der Waals surface area contributed by atoms with Gasteiger partial charge in [-0.25, -0.2) is 4.98 Å². The minimum Gasteiger partial charge on any atom is -0.481 e. The number of pyridine rings is 1. The number of amides is 1. The van der Waals surface area contributed by atoms with E-state index in [4.69, 9.17) is 10.5 Å². The minimum absolute atomic E-state index is 0.105. The number of thiol groups is 1. The molecule has 0 bridgehead atoms. The molecule has 0 radical (unpaired) electrons. The average molecular weight is 550 g/mol. The van der Waals surface area contributed by atoms with Crippen LogP contribution in [0.25, 0.3) is 0 Å². The number of benzene rings is 2. The molecule has 3 aromatic rings. The molecule has 0 saturated heterocycles. The monoisotopic (exact) mass is 549 g/mol. The Hall–Kier alpha value is -3.85. The Bertz CT molecular complexity index is 1240. The van der Waals surface area contributed by atoms with Crippen LogP contribution in [0.5, 0.6) is 0 Å². The molecule has 206 valence electrons. The Kier molecular flexibility index (Phi) is 11.4. The maximum atomic E-state index is 13.5. The average Bonchev–Trinajstić information content (AvgIpc) is 2.94. The molecule has 1 aromatic heterocycles. The number of anilines is 1. The fourth-order valence-electron chi connectivity index (χ4n) is 4.27. The van der Waals surface area contributed by atoms with Crippen molar-refractivity contribution in [2.45, 2.75) is 44.4 Å². The molecule has 1 amide bonds. The molecule has 0 aliphatic heterocycles. The normalized spacial score (nSPS) is 12.4. The number of rotatable bonds is 14.